The first-order valence-electron chi connectivity index (χ1n) is 11.3. The standard InChI is InChI=1S/C26H37NO4S.Na/c1-16(2)20-11-9-12-21(17(3)4)24(20)15-25(28)27-32(29,30)31-26-22(18(5)6)13-10-14-23(26)19(7)8;/h9-14,16-19H,15H2,1-8H3,(H,27,28);/q;+1/p-1. The first-order chi connectivity index (χ1) is 14.8. The summed E-state index contributed by atoms with van der Waals surface area (Å²) >= 11 is 0. The maximum atomic E-state index is 12.8. The van der Waals surface area contributed by atoms with Crippen LogP contribution in [0.25, 0.3) is 4.72 Å². The molecule has 0 atom stereocenters. The van der Waals surface area contributed by atoms with Gasteiger partial charge in [0.05, 0.1) is 5.91 Å². The third kappa shape index (κ3) is 7.84. The van der Waals surface area contributed by atoms with Crippen molar-refractivity contribution in [1.29, 1.82) is 0 Å². The van der Waals surface area contributed by atoms with Crippen molar-refractivity contribution in [3.8, 4) is 5.75 Å². The Labute approximate surface area is 222 Å². The van der Waals surface area contributed by atoms with Crippen LogP contribution in [-0.4, -0.2) is 14.3 Å². The van der Waals surface area contributed by atoms with Crippen LogP contribution in [0.5, 0.6) is 5.75 Å². The number of nitrogens with zero attached hydrogens (tertiary/aromatic N) is 1. The van der Waals surface area contributed by atoms with Gasteiger partial charge in [0.25, 0.3) is 10.3 Å². The van der Waals surface area contributed by atoms with Gasteiger partial charge in [-0.05, 0) is 51.5 Å². The van der Waals surface area contributed by atoms with Crippen LogP contribution < -0.4 is 33.7 Å². The van der Waals surface area contributed by atoms with Gasteiger partial charge in [0.15, 0.2) is 0 Å². The van der Waals surface area contributed by atoms with Crippen LogP contribution in [-0.2, 0) is 21.5 Å². The van der Waals surface area contributed by atoms with E-state index in [1.165, 1.54) is 0 Å². The molecule has 0 unspecified atom stereocenters. The Kier molecular flexibility index (Phi) is 11.1. The molecule has 0 spiro atoms. The average molecular weight is 482 g/mol. The molecule has 33 heavy (non-hydrogen) atoms. The van der Waals surface area contributed by atoms with E-state index in [0.717, 1.165) is 27.8 Å². The number of carbonyl (C=O) groups excluding carboxylic acids is 1. The van der Waals surface area contributed by atoms with Gasteiger partial charge >= 0.3 is 29.6 Å². The molecule has 176 valence electrons. The molecular formula is C26H36NNaO4S. The Bertz CT molecular complexity index is 1010. The van der Waals surface area contributed by atoms with E-state index in [1.807, 2.05) is 64.1 Å². The summed E-state index contributed by atoms with van der Waals surface area (Å²) in [5.74, 6) is 0.0709. The number of hydrogen-bond donors (Lipinski definition) is 0. The van der Waals surface area contributed by atoms with Gasteiger partial charge in [0, 0.05) is 6.42 Å². The number of para-hydroxylation sites is 1. The summed E-state index contributed by atoms with van der Waals surface area (Å²) in [4.78, 5) is 12.8. The second-order valence-electron chi connectivity index (χ2n) is 9.47. The van der Waals surface area contributed by atoms with Gasteiger partial charge in [-0.25, -0.2) is 8.42 Å². The SMILES string of the molecule is CC(C)c1cccc(C(C)C)c1CC(=O)[N-]S(=O)(=O)Oc1c(C(C)C)cccc1C(C)C.[Na+]. The molecule has 0 aliphatic carbocycles. The fourth-order valence-corrected chi connectivity index (χ4v) is 4.67. The van der Waals surface area contributed by atoms with E-state index < -0.39 is 16.2 Å². The zero-order valence-corrected chi connectivity index (χ0v) is 24.3. The van der Waals surface area contributed by atoms with E-state index in [1.54, 1.807) is 0 Å². The van der Waals surface area contributed by atoms with Crippen LogP contribution in [0.2, 0.25) is 0 Å². The minimum atomic E-state index is -4.46. The van der Waals surface area contributed by atoms with Crippen molar-refractivity contribution in [2.45, 2.75) is 85.5 Å². The van der Waals surface area contributed by atoms with E-state index in [0.29, 0.717) is 0 Å². The zero-order chi connectivity index (χ0) is 24.2. The Hall–Kier alpha value is -1.34. The van der Waals surface area contributed by atoms with E-state index >= 15 is 0 Å². The largest absolute Gasteiger partial charge is 1.00 e. The quantitative estimate of drug-likeness (QED) is 0.509. The zero-order valence-electron chi connectivity index (χ0n) is 21.5. The third-order valence-electron chi connectivity index (χ3n) is 5.54. The van der Waals surface area contributed by atoms with Crippen LogP contribution in [0.4, 0.5) is 0 Å². The topological polar surface area (TPSA) is 74.5 Å². The molecule has 0 radical (unpaired) electrons. The molecule has 0 aliphatic heterocycles. The minimum absolute atomic E-state index is 0. The number of amides is 1. The van der Waals surface area contributed by atoms with E-state index in [2.05, 4.69) is 32.4 Å². The van der Waals surface area contributed by atoms with Crippen molar-refractivity contribution >= 4 is 16.2 Å². The molecule has 2 rings (SSSR count). The average Bonchev–Trinajstić information content (AvgIpc) is 2.66. The van der Waals surface area contributed by atoms with Gasteiger partial charge < -0.3 is 13.7 Å². The normalized spacial score (nSPS) is 11.8. The molecule has 0 heterocycles. The Morgan fingerprint density at radius 3 is 1.48 bits per heavy atom. The predicted octanol–water partition coefficient (Wildman–Crippen LogP) is 3.95. The molecule has 0 bridgehead atoms. The fourth-order valence-electron chi connectivity index (χ4n) is 3.92. The molecule has 0 N–H and O–H groups in total. The van der Waals surface area contributed by atoms with Crippen LogP contribution >= 0.6 is 0 Å². The maximum Gasteiger partial charge on any atom is 1.00 e. The number of carbonyl (C=O) groups is 1. The van der Waals surface area contributed by atoms with Crippen molar-refractivity contribution in [3.05, 3.63) is 68.9 Å². The molecule has 0 fully saturated rings. The molecular weight excluding hydrogens is 445 g/mol. The molecule has 7 heteroatoms. The minimum Gasteiger partial charge on any atom is -0.512 e. The van der Waals surface area contributed by atoms with Gasteiger partial charge in [-0.15, -0.1) is 0 Å². The van der Waals surface area contributed by atoms with Crippen molar-refractivity contribution in [1.82, 2.24) is 0 Å². The fraction of sp³-hybridized carbons (Fsp3) is 0.500. The summed E-state index contributed by atoms with van der Waals surface area (Å²) in [5.41, 5.74) is 4.46. The summed E-state index contributed by atoms with van der Waals surface area (Å²) in [6.45, 7) is 16.1. The van der Waals surface area contributed by atoms with Gasteiger partial charge in [0.2, 0.25) is 0 Å². The predicted molar refractivity (Wildman–Crippen MR) is 131 cm³/mol. The Morgan fingerprint density at radius 2 is 1.12 bits per heavy atom. The maximum absolute atomic E-state index is 12.8. The molecule has 0 aliphatic rings. The van der Waals surface area contributed by atoms with Crippen molar-refractivity contribution in [2.75, 3.05) is 0 Å². The molecule has 1 amide bonds. The van der Waals surface area contributed by atoms with Crippen molar-refractivity contribution in [3.63, 3.8) is 0 Å². The van der Waals surface area contributed by atoms with E-state index in [4.69, 9.17) is 4.18 Å². The molecule has 2 aromatic rings. The summed E-state index contributed by atoms with van der Waals surface area (Å²) in [6.07, 6.45) is -0.0761. The Balaban J connectivity index is 0.00000544. The van der Waals surface area contributed by atoms with Crippen LogP contribution in [0.1, 0.15) is 107 Å². The summed E-state index contributed by atoms with van der Waals surface area (Å²) < 4.78 is 34.5. The summed E-state index contributed by atoms with van der Waals surface area (Å²) in [6, 6.07) is 11.5. The molecule has 0 aromatic heterocycles. The summed E-state index contributed by atoms with van der Waals surface area (Å²) in [5, 5.41) is 0. The smallest absolute Gasteiger partial charge is 0.512 e. The molecule has 0 saturated carbocycles. The Morgan fingerprint density at radius 1 is 0.758 bits per heavy atom. The first-order valence-corrected chi connectivity index (χ1v) is 12.6. The van der Waals surface area contributed by atoms with Crippen molar-refractivity contribution in [2.24, 2.45) is 0 Å². The van der Waals surface area contributed by atoms with Crippen LogP contribution in [0.15, 0.2) is 36.4 Å². The second kappa shape index (κ2) is 12.4. The first kappa shape index (κ1) is 29.7. The molecule has 2 aromatic carbocycles. The monoisotopic (exact) mass is 481 g/mol. The van der Waals surface area contributed by atoms with Crippen LogP contribution in [0, 0.1) is 0 Å². The van der Waals surface area contributed by atoms with Gasteiger partial charge in [-0.1, -0.05) is 91.8 Å². The van der Waals surface area contributed by atoms with E-state index in [9.17, 15) is 13.2 Å². The third-order valence-corrected chi connectivity index (χ3v) is 6.35. The number of rotatable bonds is 9. The molecule has 5 nitrogen and oxygen atoms in total. The van der Waals surface area contributed by atoms with Gasteiger partial charge in [0.1, 0.15) is 5.75 Å². The summed E-state index contributed by atoms with van der Waals surface area (Å²) in [7, 11) is -4.46. The number of hydrogen-bond acceptors (Lipinski definition) is 4. The van der Waals surface area contributed by atoms with Gasteiger partial charge in [-0.3, -0.25) is 0 Å². The van der Waals surface area contributed by atoms with Crippen LogP contribution in [0.3, 0.4) is 0 Å². The number of benzene rings is 2. The van der Waals surface area contributed by atoms with Crippen molar-refractivity contribution < 1.29 is 47.0 Å². The van der Waals surface area contributed by atoms with E-state index in [-0.39, 0.29) is 65.4 Å². The molecule has 0 saturated heterocycles. The second-order valence-corrected chi connectivity index (χ2v) is 10.7. The van der Waals surface area contributed by atoms with Gasteiger partial charge in [-0.2, -0.15) is 0 Å².